The van der Waals surface area contributed by atoms with Gasteiger partial charge in [-0.25, -0.2) is 22.9 Å². The van der Waals surface area contributed by atoms with Gasteiger partial charge < -0.3 is 15.2 Å². The van der Waals surface area contributed by atoms with Crippen molar-refractivity contribution in [3.63, 3.8) is 0 Å². The minimum atomic E-state index is -4.06. The molecule has 0 saturated heterocycles. The largest absolute Gasteiger partial charge is 0.462 e. The Bertz CT molecular complexity index is 1510. The summed E-state index contributed by atoms with van der Waals surface area (Å²) in [6.45, 7) is 6.87. The van der Waals surface area contributed by atoms with Gasteiger partial charge in [0, 0.05) is 6.54 Å². The number of aryl methyl sites for hydroxylation is 2. The molecule has 192 valence electrons. The quantitative estimate of drug-likeness (QED) is 0.378. The molecule has 1 unspecified atom stereocenters. The van der Waals surface area contributed by atoms with E-state index in [1.165, 1.54) is 37.4 Å². The van der Waals surface area contributed by atoms with E-state index < -0.39 is 33.6 Å². The van der Waals surface area contributed by atoms with Crippen molar-refractivity contribution in [1.29, 1.82) is 0 Å². The molecule has 11 nitrogen and oxygen atoms in total. The number of fused-ring (bicyclic) bond motifs is 1. The fraction of sp³-hybridized carbons (Fsp3) is 0.333. The number of aliphatic hydroxyl groups is 1. The SMILES string of the molecule is CCNC(=O)C(O)c1nc2cc(C)c(C(=O)OCC)c(C)c2c(=O)n1-c1ccccc1S(=O)(=O)NC. The summed E-state index contributed by atoms with van der Waals surface area (Å²) in [5.41, 5.74) is 0.194. The number of hydrogen-bond acceptors (Lipinski definition) is 8. The molecule has 3 N–H and O–H groups in total. The fourth-order valence-electron chi connectivity index (χ4n) is 4.01. The molecule has 0 bridgehead atoms. The average Bonchev–Trinajstić information content (AvgIpc) is 2.83. The average molecular weight is 517 g/mol. The van der Waals surface area contributed by atoms with E-state index in [-0.39, 0.29) is 51.6 Å². The van der Waals surface area contributed by atoms with Crippen LogP contribution in [0.1, 0.15) is 47.3 Å². The van der Waals surface area contributed by atoms with Gasteiger partial charge in [0.1, 0.15) is 4.90 Å². The first-order valence-corrected chi connectivity index (χ1v) is 12.7. The number of carbonyl (C=O) groups excluding carboxylic acids is 2. The molecule has 0 fully saturated rings. The Morgan fingerprint density at radius 3 is 2.47 bits per heavy atom. The molecular formula is C24H28N4O7S. The van der Waals surface area contributed by atoms with E-state index in [1.807, 2.05) is 0 Å². The van der Waals surface area contributed by atoms with Crippen molar-refractivity contribution in [2.24, 2.45) is 0 Å². The second-order valence-electron chi connectivity index (χ2n) is 7.89. The lowest BCUT2D eigenvalue weighted by atomic mass is 9.98. The maximum Gasteiger partial charge on any atom is 0.338 e. The van der Waals surface area contributed by atoms with Gasteiger partial charge in [-0.1, -0.05) is 12.1 Å². The van der Waals surface area contributed by atoms with Crippen molar-refractivity contribution in [2.45, 2.75) is 38.7 Å². The number of esters is 1. The molecule has 1 amide bonds. The first kappa shape index (κ1) is 27.0. The van der Waals surface area contributed by atoms with E-state index in [1.54, 1.807) is 27.7 Å². The molecule has 0 aliphatic carbocycles. The Balaban J connectivity index is 2.53. The van der Waals surface area contributed by atoms with Crippen LogP contribution in [0.3, 0.4) is 0 Å². The first-order valence-electron chi connectivity index (χ1n) is 11.2. The first-order chi connectivity index (χ1) is 17.0. The van der Waals surface area contributed by atoms with Gasteiger partial charge in [-0.2, -0.15) is 0 Å². The van der Waals surface area contributed by atoms with Gasteiger partial charge in [-0.15, -0.1) is 0 Å². The number of benzene rings is 2. The molecule has 1 heterocycles. The lowest BCUT2D eigenvalue weighted by Crippen LogP contribution is -2.35. The predicted octanol–water partition coefficient (Wildman–Crippen LogP) is 1.26. The molecule has 0 aliphatic rings. The number of amides is 1. The van der Waals surface area contributed by atoms with E-state index in [0.29, 0.717) is 5.56 Å². The molecule has 0 spiro atoms. The Morgan fingerprint density at radius 1 is 1.19 bits per heavy atom. The second kappa shape index (κ2) is 10.6. The van der Waals surface area contributed by atoms with Crippen LogP contribution in [0.4, 0.5) is 0 Å². The number of aliphatic hydroxyl groups excluding tert-OH is 1. The topological polar surface area (TPSA) is 157 Å². The number of nitrogens with one attached hydrogen (secondary N) is 2. The van der Waals surface area contributed by atoms with E-state index in [2.05, 4.69) is 15.0 Å². The molecule has 1 atom stereocenters. The van der Waals surface area contributed by atoms with Crippen molar-refractivity contribution in [3.8, 4) is 5.69 Å². The number of rotatable bonds is 8. The van der Waals surface area contributed by atoms with E-state index in [9.17, 15) is 27.9 Å². The van der Waals surface area contributed by atoms with Crippen molar-refractivity contribution in [3.05, 3.63) is 63.2 Å². The van der Waals surface area contributed by atoms with Crippen LogP contribution in [-0.2, 0) is 19.6 Å². The smallest absolute Gasteiger partial charge is 0.338 e. The highest BCUT2D eigenvalue weighted by molar-refractivity contribution is 7.89. The van der Waals surface area contributed by atoms with Gasteiger partial charge in [0.05, 0.1) is 28.8 Å². The summed E-state index contributed by atoms with van der Waals surface area (Å²) in [5.74, 6) is -1.81. The van der Waals surface area contributed by atoms with Crippen molar-refractivity contribution >= 4 is 32.8 Å². The lowest BCUT2D eigenvalue weighted by molar-refractivity contribution is -0.129. The summed E-state index contributed by atoms with van der Waals surface area (Å²) in [6, 6.07) is 7.12. The molecule has 3 rings (SSSR count). The Hall–Kier alpha value is -3.61. The van der Waals surface area contributed by atoms with Crippen LogP contribution in [-0.4, -0.2) is 55.2 Å². The zero-order valence-corrected chi connectivity index (χ0v) is 21.4. The van der Waals surface area contributed by atoms with Gasteiger partial charge in [0.2, 0.25) is 10.0 Å². The van der Waals surface area contributed by atoms with Gasteiger partial charge in [-0.3, -0.25) is 14.2 Å². The number of ether oxygens (including phenoxy) is 1. The minimum Gasteiger partial charge on any atom is -0.462 e. The Labute approximate surface area is 208 Å². The zero-order chi connectivity index (χ0) is 26.8. The number of hydrogen-bond donors (Lipinski definition) is 3. The number of aromatic nitrogens is 2. The highest BCUT2D eigenvalue weighted by atomic mass is 32.2. The van der Waals surface area contributed by atoms with Crippen LogP contribution in [0.25, 0.3) is 16.6 Å². The minimum absolute atomic E-state index is 0.0205. The number of para-hydroxylation sites is 1. The maximum absolute atomic E-state index is 14.0. The van der Waals surface area contributed by atoms with Crippen LogP contribution >= 0.6 is 0 Å². The van der Waals surface area contributed by atoms with Gasteiger partial charge >= 0.3 is 5.97 Å². The maximum atomic E-state index is 14.0. The van der Waals surface area contributed by atoms with Gasteiger partial charge in [0.15, 0.2) is 11.9 Å². The molecular weight excluding hydrogens is 488 g/mol. The fourth-order valence-corrected chi connectivity index (χ4v) is 4.92. The monoisotopic (exact) mass is 516 g/mol. The lowest BCUT2D eigenvalue weighted by Gasteiger charge is -2.20. The van der Waals surface area contributed by atoms with Crippen molar-refractivity contribution in [1.82, 2.24) is 19.6 Å². The molecule has 0 radical (unpaired) electrons. The van der Waals surface area contributed by atoms with Crippen LogP contribution in [0.5, 0.6) is 0 Å². The predicted molar refractivity (Wildman–Crippen MR) is 133 cm³/mol. The van der Waals surface area contributed by atoms with Crippen LogP contribution < -0.4 is 15.6 Å². The summed E-state index contributed by atoms with van der Waals surface area (Å²) >= 11 is 0. The number of nitrogens with zero attached hydrogens (tertiary/aromatic N) is 2. The van der Waals surface area contributed by atoms with Crippen LogP contribution in [0.15, 0.2) is 40.0 Å². The van der Waals surface area contributed by atoms with Crippen LogP contribution in [0, 0.1) is 13.8 Å². The highest BCUT2D eigenvalue weighted by Gasteiger charge is 2.29. The summed E-state index contributed by atoms with van der Waals surface area (Å²) < 4.78 is 33.8. The number of likely N-dealkylation sites (N-methyl/N-ethyl adjacent to an activating group) is 1. The van der Waals surface area contributed by atoms with Gasteiger partial charge in [-0.05, 0) is 64.1 Å². The summed E-state index contributed by atoms with van der Waals surface area (Å²) in [4.78, 5) is 43.3. The van der Waals surface area contributed by atoms with Crippen LogP contribution in [0.2, 0.25) is 0 Å². The molecule has 0 aliphatic heterocycles. The molecule has 12 heteroatoms. The molecule has 1 aromatic heterocycles. The number of carbonyl (C=O) groups is 2. The molecule has 36 heavy (non-hydrogen) atoms. The second-order valence-corrected chi connectivity index (χ2v) is 9.75. The van der Waals surface area contributed by atoms with E-state index in [0.717, 1.165) is 4.57 Å². The Kier molecular flexibility index (Phi) is 7.92. The normalized spacial score (nSPS) is 12.4. The Morgan fingerprint density at radius 2 is 1.86 bits per heavy atom. The van der Waals surface area contributed by atoms with E-state index >= 15 is 0 Å². The summed E-state index contributed by atoms with van der Waals surface area (Å²) in [7, 11) is -2.84. The van der Waals surface area contributed by atoms with Crippen molar-refractivity contribution in [2.75, 3.05) is 20.2 Å². The molecule has 3 aromatic rings. The third-order valence-electron chi connectivity index (χ3n) is 5.62. The standard InChI is InChI=1S/C24H28N4O7S/c1-6-26-22(30)20(29)21-27-15-12-13(3)18(24(32)35-7-2)14(4)19(15)23(31)28(21)16-10-8-9-11-17(16)36(33,34)25-5/h8-12,20,25,29H,6-7H2,1-5H3,(H,26,30). The third kappa shape index (κ3) is 4.74. The number of sulfonamides is 1. The van der Waals surface area contributed by atoms with E-state index in [4.69, 9.17) is 4.74 Å². The highest BCUT2D eigenvalue weighted by Crippen LogP contribution is 2.27. The molecule has 2 aromatic carbocycles. The van der Waals surface area contributed by atoms with Gasteiger partial charge in [0.25, 0.3) is 11.5 Å². The summed E-state index contributed by atoms with van der Waals surface area (Å²) in [6.07, 6.45) is -1.89. The summed E-state index contributed by atoms with van der Waals surface area (Å²) in [5, 5.41) is 13.4. The zero-order valence-electron chi connectivity index (χ0n) is 20.6. The molecule has 0 saturated carbocycles. The van der Waals surface area contributed by atoms with Crippen molar-refractivity contribution < 1.29 is 27.9 Å². The third-order valence-corrected chi connectivity index (χ3v) is 7.08.